The minimum atomic E-state index is -0.153. The second-order valence-electron chi connectivity index (χ2n) is 4.75. The number of hydrogen-bond acceptors (Lipinski definition) is 4. The quantitative estimate of drug-likeness (QED) is 0.786. The summed E-state index contributed by atoms with van der Waals surface area (Å²) in [5.41, 5.74) is 0.558. The summed E-state index contributed by atoms with van der Waals surface area (Å²) >= 11 is 12.3. The molecule has 5 nitrogen and oxygen atoms in total. The Morgan fingerprint density at radius 2 is 2.10 bits per heavy atom. The molecule has 1 aromatic carbocycles. The predicted molar refractivity (Wildman–Crippen MR) is 83.5 cm³/mol. The van der Waals surface area contributed by atoms with Crippen LogP contribution < -0.4 is 15.4 Å². The lowest BCUT2D eigenvalue weighted by Gasteiger charge is -2.14. The van der Waals surface area contributed by atoms with Gasteiger partial charge < -0.3 is 20.1 Å². The van der Waals surface area contributed by atoms with Crippen molar-refractivity contribution in [2.75, 3.05) is 32.2 Å². The van der Waals surface area contributed by atoms with Gasteiger partial charge in [-0.3, -0.25) is 4.79 Å². The zero-order valence-corrected chi connectivity index (χ0v) is 13.3. The van der Waals surface area contributed by atoms with Crippen LogP contribution in [0, 0.1) is 0 Å². The Morgan fingerprint density at radius 3 is 2.67 bits per heavy atom. The molecule has 0 radical (unpaired) electrons. The normalized spacial score (nSPS) is 17.8. The summed E-state index contributed by atoms with van der Waals surface area (Å²) in [5, 5.41) is 6.65. The van der Waals surface area contributed by atoms with Crippen LogP contribution in [0.15, 0.2) is 12.1 Å². The van der Waals surface area contributed by atoms with Gasteiger partial charge in [0.05, 0.1) is 22.7 Å². The second kappa shape index (κ2) is 7.84. The third-order valence-corrected chi connectivity index (χ3v) is 3.74. The molecule has 1 atom stereocenters. The fourth-order valence-corrected chi connectivity index (χ4v) is 2.73. The smallest absolute Gasteiger partial charge is 0.241 e. The van der Waals surface area contributed by atoms with E-state index in [0.717, 1.165) is 19.4 Å². The molecule has 1 amide bonds. The van der Waals surface area contributed by atoms with Crippen LogP contribution in [0.1, 0.15) is 12.8 Å². The summed E-state index contributed by atoms with van der Waals surface area (Å²) in [7, 11) is 1.59. The fourth-order valence-electron chi connectivity index (χ4n) is 2.13. The highest BCUT2D eigenvalue weighted by atomic mass is 35.5. The van der Waals surface area contributed by atoms with Gasteiger partial charge in [-0.2, -0.15) is 0 Å². The Morgan fingerprint density at radius 1 is 1.38 bits per heavy atom. The van der Waals surface area contributed by atoms with Crippen molar-refractivity contribution in [3.05, 3.63) is 22.2 Å². The van der Waals surface area contributed by atoms with Crippen LogP contribution in [0.4, 0.5) is 5.69 Å². The number of carbonyl (C=O) groups is 1. The van der Waals surface area contributed by atoms with Crippen molar-refractivity contribution in [2.24, 2.45) is 0 Å². The van der Waals surface area contributed by atoms with Gasteiger partial charge in [-0.25, -0.2) is 0 Å². The number of rotatable bonds is 6. The molecule has 7 heteroatoms. The lowest BCUT2D eigenvalue weighted by molar-refractivity contribution is -0.117. The number of methoxy groups -OCH3 is 1. The summed E-state index contributed by atoms with van der Waals surface area (Å²) in [5.74, 6) is 0.319. The molecule has 0 saturated carbocycles. The first-order valence-electron chi connectivity index (χ1n) is 6.77. The molecule has 1 fully saturated rings. The van der Waals surface area contributed by atoms with Gasteiger partial charge in [-0.05, 0) is 31.5 Å². The van der Waals surface area contributed by atoms with Gasteiger partial charge in [0, 0.05) is 12.8 Å². The lowest BCUT2D eigenvalue weighted by atomic mass is 10.2. The van der Waals surface area contributed by atoms with E-state index >= 15 is 0 Å². The van der Waals surface area contributed by atoms with Gasteiger partial charge in [0.15, 0.2) is 5.75 Å². The molecule has 1 aliphatic rings. The molecule has 21 heavy (non-hydrogen) atoms. The highest BCUT2D eigenvalue weighted by molar-refractivity contribution is 6.37. The van der Waals surface area contributed by atoms with E-state index in [2.05, 4.69) is 10.6 Å². The first-order chi connectivity index (χ1) is 10.1. The number of benzene rings is 1. The number of ether oxygens (including phenoxy) is 2. The summed E-state index contributed by atoms with van der Waals surface area (Å²) < 4.78 is 10.4. The molecule has 1 heterocycles. The second-order valence-corrected chi connectivity index (χ2v) is 5.56. The summed E-state index contributed by atoms with van der Waals surface area (Å²) in [6.45, 7) is 1.66. The van der Waals surface area contributed by atoms with Crippen molar-refractivity contribution in [3.8, 4) is 5.75 Å². The van der Waals surface area contributed by atoms with Gasteiger partial charge in [0.25, 0.3) is 0 Å². The van der Waals surface area contributed by atoms with E-state index in [4.69, 9.17) is 32.7 Å². The van der Waals surface area contributed by atoms with Crippen LogP contribution in [0.5, 0.6) is 5.75 Å². The number of halogens is 2. The van der Waals surface area contributed by atoms with Crippen molar-refractivity contribution >= 4 is 34.8 Å². The zero-order chi connectivity index (χ0) is 15.2. The highest BCUT2D eigenvalue weighted by Gasteiger charge is 2.22. The number of carbonyl (C=O) groups excluding carboxylic acids is 1. The largest absolute Gasteiger partial charge is 0.488 e. The summed E-state index contributed by atoms with van der Waals surface area (Å²) in [6.07, 6.45) is 1.84. The molecule has 1 aliphatic heterocycles. The van der Waals surface area contributed by atoms with Crippen molar-refractivity contribution in [1.29, 1.82) is 0 Å². The molecule has 0 spiro atoms. The van der Waals surface area contributed by atoms with Crippen molar-refractivity contribution in [2.45, 2.75) is 18.9 Å². The molecule has 2 rings (SSSR count). The van der Waals surface area contributed by atoms with Crippen molar-refractivity contribution in [3.63, 3.8) is 0 Å². The first kappa shape index (κ1) is 16.4. The van der Waals surface area contributed by atoms with E-state index < -0.39 is 0 Å². The van der Waals surface area contributed by atoms with Gasteiger partial charge in [-0.15, -0.1) is 0 Å². The number of amides is 1. The third kappa shape index (κ3) is 4.48. The number of anilines is 1. The van der Waals surface area contributed by atoms with E-state index in [1.54, 1.807) is 19.2 Å². The van der Waals surface area contributed by atoms with Gasteiger partial charge in [0.1, 0.15) is 6.61 Å². The topological polar surface area (TPSA) is 59.6 Å². The van der Waals surface area contributed by atoms with Crippen LogP contribution in [0.3, 0.4) is 0 Å². The minimum absolute atomic E-state index is 0.0762. The highest BCUT2D eigenvalue weighted by Crippen LogP contribution is 2.36. The summed E-state index contributed by atoms with van der Waals surface area (Å²) in [4.78, 5) is 12.0. The summed E-state index contributed by atoms with van der Waals surface area (Å²) in [6, 6.07) is 3.10. The SMILES string of the molecule is COCCOc1c(Cl)cc(NC(=O)C2CCCN2)cc1Cl. The Hall–Kier alpha value is -1.01. The maximum Gasteiger partial charge on any atom is 0.241 e. The van der Waals surface area contributed by atoms with Gasteiger partial charge in [0.2, 0.25) is 5.91 Å². The lowest BCUT2D eigenvalue weighted by Crippen LogP contribution is -2.35. The minimum Gasteiger partial charge on any atom is -0.488 e. The molecular weight excluding hydrogens is 315 g/mol. The number of hydrogen-bond donors (Lipinski definition) is 2. The van der Waals surface area contributed by atoms with Crippen LogP contribution >= 0.6 is 23.2 Å². The maximum atomic E-state index is 12.0. The Labute approximate surface area is 133 Å². The first-order valence-corrected chi connectivity index (χ1v) is 7.52. The molecule has 0 aliphatic carbocycles. The van der Waals surface area contributed by atoms with Gasteiger partial charge in [-0.1, -0.05) is 23.2 Å². The van der Waals surface area contributed by atoms with E-state index in [0.29, 0.717) is 34.7 Å². The molecule has 0 aromatic heterocycles. The van der Waals surface area contributed by atoms with E-state index in [1.807, 2.05) is 0 Å². The standard InChI is InChI=1S/C14H18Cl2N2O3/c1-20-5-6-21-13-10(15)7-9(8-11(13)16)18-14(19)12-3-2-4-17-12/h7-8,12,17H,2-6H2,1H3,(H,18,19). The van der Waals surface area contributed by atoms with Crippen LogP contribution in [0.25, 0.3) is 0 Å². The molecule has 2 N–H and O–H groups in total. The van der Waals surface area contributed by atoms with E-state index in [9.17, 15) is 4.79 Å². The van der Waals surface area contributed by atoms with Crippen LogP contribution in [-0.2, 0) is 9.53 Å². The van der Waals surface area contributed by atoms with E-state index in [1.165, 1.54) is 0 Å². The predicted octanol–water partition coefficient (Wildman–Crippen LogP) is 2.71. The Balaban J connectivity index is 2.02. The average Bonchev–Trinajstić information content (AvgIpc) is 2.96. The molecule has 1 unspecified atom stereocenters. The zero-order valence-electron chi connectivity index (χ0n) is 11.7. The van der Waals surface area contributed by atoms with Crippen LogP contribution in [-0.4, -0.2) is 38.8 Å². The van der Waals surface area contributed by atoms with Gasteiger partial charge >= 0.3 is 0 Å². The molecule has 116 valence electrons. The fraction of sp³-hybridized carbons (Fsp3) is 0.500. The molecule has 0 bridgehead atoms. The average molecular weight is 333 g/mol. The van der Waals surface area contributed by atoms with Crippen molar-refractivity contribution < 1.29 is 14.3 Å². The van der Waals surface area contributed by atoms with Crippen molar-refractivity contribution in [1.82, 2.24) is 5.32 Å². The van der Waals surface area contributed by atoms with Crippen LogP contribution in [0.2, 0.25) is 10.0 Å². The molecule has 1 saturated heterocycles. The Kier molecular flexibility index (Phi) is 6.11. The molecule has 1 aromatic rings. The van der Waals surface area contributed by atoms with E-state index in [-0.39, 0.29) is 11.9 Å². The number of nitrogens with one attached hydrogen (secondary N) is 2. The maximum absolute atomic E-state index is 12.0. The Bertz CT molecular complexity index is 482. The monoisotopic (exact) mass is 332 g/mol. The third-order valence-electron chi connectivity index (χ3n) is 3.18. The molecular formula is C14H18Cl2N2O3.